The lowest BCUT2D eigenvalue weighted by Gasteiger charge is -2.13. The summed E-state index contributed by atoms with van der Waals surface area (Å²) in [5, 5.41) is 16.2. The molecule has 2 aromatic rings. The van der Waals surface area contributed by atoms with Gasteiger partial charge in [-0.3, -0.25) is 4.99 Å². The van der Waals surface area contributed by atoms with E-state index < -0.39 is 12.8 Å². The molecule has 3 N–H and O–H groups in total. The Morgan fingerprint density at radius 1 is 1.07 bits per heavy atom. The van der Waals surface area contributed by atoms with Gasteiger partial charge in [0.15, 0.2) is 12.6 Å². The van der Waals surface area contributed by atoms with Gasteiger partial charge in [-0.15, -0.1) is 24.0 Å². The Morgan fingerprint density at radius 3 is 2.30 bits per heavy atom. The predicted molar refractivity (Wildman–Crippen MR) is 120 cm³/mol. The number of phenolic OH excluding ortho intramolecular Hbond substituents is 1. The molecule has 0 heterocycles. The molecular weight excluding hydrogens is 514 g/mol. The topological polar surface area (TPSA) is 75.1 Å². The number of rotatable bonds is 8. The van der Waals surface area contributed by atoms with Gasteiger partial charge in [0.05, 0.1) is 7.11 Å². The van der Waals surface area contributed by atoms with Crippen molar-refractivity contribution in [3.63, 3.8) is 0 Å². The number of aliphatic imine (C=N–C) groups is 1. The Labute approximate surface area is 190 Å². The molecule has 0 aromatic heterocycles. The van der Waals surface area contributed by atoms with Gasteiger partial charge in [-0.1, -0.05) is 18.2 Å². The van der Waals surface area contributed by atoms with Crippen LogP contribution < -0.4 is 20.1 Å². The number of benzene rings is 2. The summed E-state index contributed by atoms with van der Waals surface area (Å²) in [5.74, 6) is 1.48. The van der Waals surface area contributed by atoms with E-state index in [2.05, 4.69) is 20.4 Å². The Morgan fingerprint density at radius 2 is 1.73 bits per heavy atom. The smallest absolute Gasteiger partial charge is 0.422 e. The molecular formula is C20H25F3IN3O3. The summed E-state index contributed by atoms with van der Waals surface area (Å²) < 4.78 is 46.2. The molecule has 0 aliphatic carbocycles. The second-order valence-electron chi connectivity index (χ2n) is 6.14. The van der Waals surface area contributed by atoms with Crippen LogP contribution in [0.3, 0.4) is 0 Å². The Bertz CT molecular complexity index is 815. The summed E-state index contributed by atoms with van der Waals surface area (Å²) in [6.07, 6.45) is -3.78. The van der Waals surface area contributed by atoms with Gasteiger partial charge < -0.3 is 25.2 Å². The maximum absolute atomic E-state index is 12.2. The van der Waals surface area contributed by atoms with Crippen molar-refractivity contribution in [1.29, 1.82) is 0 Å². The van der Waals surface area contributed by atoms with Gasteiger partial charge in [-0.2, -0.15) is 13.2 Å². The summed E-state index contributed by atoms with van der Waals surface area (Å²) in [4.78, 5) is 4.12. The molecule has 0 aliphatic heterocycles. The Hall–Kier alpha value is -2.37. The largest absolute Gasteiger partial charge is 0.508 e. The highest BCUT2D eigenvalue weighted by Crippen LogP contribution is 2.23. The minimum atomic E-state index is -4.36. The van der Waals surface area contributed by atoms with Crippen molar-refractivity contribution in [2.24, 2.45) is 4.99 Å². The van der Waals surface area contributed by atoms with Gasteiger partial charge in [0.1, 0.15) is 17.2 Å². The Balaban J connectivity index is 0.00000450. The maximum Gasteiger partial charge on any atom is 0.422 e. The van der Waals surface area contributed by atoms with E-state index in [1.54, 1.807) is 37.4 Å². The molecule has 0 saturated heterocycles. The van der Waals surface area contributed by atoms with Crippen LogP contribution in [0.5, 0.6) is 17.2 Å². The molecule has 0 radical (unpaired) electrons. The number of nitrogens with zero attached hydrogens (tertiary/aromatic N) is 1. The third-order valence-electron chi connectivity index (χ3n) is 3.99. The number of nitrogens with one attached hydrogen (secondary N) is 2. The third kappa shape index (κ3) is 8.97. The molecule has 0 bridgehead atoms. The average molecular weight is 539 g/mol. The fourth-order valence-corrected chi connectivity index (χ4v) is 2.47. The fraction of sp³-hybridized carbons (Fsp3) is 0.350. The van der Waals surface area contributed by atoms with Crippen molar-refractivity contribution in [2.75, 3.05) is 27.3 Å². The van der Waals surface area contributed by atoms with Gasteiger partial charge in [-0.05, 0) is 35.7 Å². The number of hydrogen-bond donors (Lipinski definition) is 3. The van der Waals surface area contributed by atoms with Crippen molar-refractivity contribution in [2.45, 2.75) is 19.1 Å². The van der Waals surface area contributed by atoms with Gasteiger partial charge in [0.2, 0.25) is 0 Å². The van der Waals surface area contributed by atoms with Crippen LogP contribution in [-0.4, -0.2) is 44.6 Å². The number of methoxy groups -OCH3 is 1. The molecule has 0 spiro atoms. The van der Waals surface area contributed by atoms with E-state index in [0.717, 1.165) is 11.1 Å². The standard InChI is InChI=1S/C20H24F3N3O3.HI/c1-24-19(25-10-9-15-5-8-17(28-2)11-18(15)27)26-12-14-3-6-16(7-4-14)29-13-20(21,22)23;/h3-8,11,27H,9-10,12-13H2,1-2H3,(H2,24,25,26);1H. The molecule has 0 saturated carbocycles. The van der Waals surface area contributed by atoms with Crippen LogP contribution >= 0.6 is 24.0 Å². The van der Waals surface area contributed by atoms with Crippen LogP contribution in [0.2, 0.25) is 0 Å². The highest BCUT2D eigenvalue weighted by molar-refractivity contribution is 14.0. The SMILES string of the molecule is CN=C(NCCc1ccc(OC)cc1O)NCc1ccc(OCC(F)(F)F)cc1.I. The quantitative estimate of drug-likeness (QED) is 0.270. The third-order valence-corrected chi connectivity index (χ3v) is 3.99. The van der Waals surface area contributed by atoms with E-state index >= 15 is 0 Å². The summed E-state index contributed by atoms with van der Waals surface area (Å²) in [6.45, 7) is -0.332. The first-order chi connectivity index (χ1) is 13.8. The van der Waals surface area contributed by atoms with Crippen molar-refractivity contribution in [3.8, 4) is 17.2 Å². The number of ether oxygens (including phenoxy) is 2. The zero-order valence-electron chi connectivity index (χ0n) is 16.6. The lowest BCUT2D eigenvalue weighted by molar-refractivity contribution is -0.153. The van der Waals surface area contributed by atoms with Gasteiger partial charge >= 0.3 is 6.18 Å². The summed E-state index contributed by atoms with van der Waals surface area (Å²) in [6, 6.07) is 11.5. The molecule has 10 heteroatoms. The number of alkyl halides is 3. The number of guanidine groups is 1. The first-order valence-corrected chi connectivity index (χ1v) is 8.89. The molecule has 2 aromatic carbocycles. The summed E-state index contributed by atoms with van der Waals surface area (Å²) in [7, 11) is 3.17. The molecule has 0 fully saturated rings. The van der Waals surface area contributed by atoms with Gasteiger partial charge in [0.25, 0.3) is 0 Å². The molecule has 30 heavy (non-hydrogen) atoms. The molecule has 0 aliphatic rings. The van der Waals surface area contributed by atoms with Crippen LogP contribution in [0.4, 0.5) is 13.2 Å². The second-order valence-corrected chi connectivity index (χ2v) is 6.14. The minimum absolute atomic E-state index is 0. The predicted octanol–water partition coefficient (Wildman–Crippen LogP) is 3.87. The zero-order valence-corrected chi connectivity index (χ0v) is 19.0. The first kappa shape index (κ1) is 25.7. The normalized spacial score (nSPS) is 11.4. The number of halogens is 4. The highest BCUT2D eigenvalue weighted by atomic mass is 127. The number of hydrogen-bond acceptors (Lipinski definition) is 4. The summed E-state index contributed by atoms with van der Waals surface area (Å²) >= 11 is 0. The van der Waals surface area contributed by atoms with Gasteiger partial charge in [0, 0.05) is 26.2 Å². The second kappa shape index (κ2) is 12.4. The van der Waals surface area contributed by atoms with Crippen LogP contribution in [0.15, 0.2) is 47.5 Å². The van der Waals surface area contributed by atoms with Crippen LogP contribution in [0.1, 0.15) is 11.1 Å². The monoisotopic (exact) mass is 539 g/mol. The van der Waals surface area contributed by atoms with Crippen molar-refractivity contribution < 1.29 is 27.8 Å². The van der Waals surface area contributed by atoms with Crippen LogP contribution in [0, 0.1) is 0 Å². The molecule has 0 unspecified atom stereocenters. The average Bonchev–Trinajstić information content (AvgIpc) is 2.70. The van der Waals surface area contributed by atoms with E-state index in [1.807, 2.05) is 0 Å². The Kier molecular flexibility index (Phi) is 10.6. The molecule has 0 amide bonds. The van der Waals surface area contributed by atoms with E-state index in [0.29, 0.717) is 31.2 Å². The van der Waals surface area contributed by atoms with E-state index in [4.69, 9.17) is 4.74 Å². The van der Waals surface area contributed by atoms with Crippen LogP contribution in [0.25, 0.3) is 0 Å². The number of aromatic hydroxyl groups is 1. The first-order valence-electron chi connectivity index (χ1n) is 8.89. The lowest BCUT2D eigenvalue weighted by atomic mass is 10.1. The fourth-order valence-electron chi connectivity index (χ4n) is 2.47. The van der Waals surface area contributed by atoms with Crippen molar-refractivity contribution in [1.82, 2.24) is 10.6 Å². The minimum Gasteiger partial charge on any atom is -0.508 e. The van der Waals surface area contributed by atoms with Gasteiger partial charge in [-0.25, -0.2) is 0 Å². The highest BCUT2D eigenvalue weighted by Gasteiger charge is 2.28. The van der Waals surface area contributed by atoms with Crippen molar-refractivity contribution in [3.05, 3.63) is 53.6 Å². The van der Waals surface area contributed by atoms with E-state index in [9.17, 15) is 18.3 Å². The van der Waals surface area contributed by atoms with Crippen LogP contribution in [-0.2, 0) is 13.0 Å². The molecule has 0 atom stereocenters. The van der Waals surface area contributed by atoms with E-state index in [1.165, 1.54) is 19.2 Å². The van der Waals surface area contributed by atoms with Crippen molar-refractivity contribution >= 4 is 29.9 Å². The zero-order chi connectivity index (χ0) is 21.3. The maximum atomic E-state index is 12.2. The lowest BCUT2D eigenvalue weighted by Crippen LogP contribution is -2.37. The number of phenols is 1. The molecule has 166 valence electrons. The van der Waals surface area contributed by atoms with E-state index in [-0.39, 0.29) is 35.5 Å². The summed E-state index contributed by atoms with van der Waals surface area (Å²) in [5.41, 5.74) is 1.64. The molecule has 6 nitrogen and oxygen atoms in total. The molecule has 2 rings (SSSR count).